The molecule has 0 aromatic heterocycles. The minimum atomic E-state index is -2.56. The van der Waals surface area contributed by atoms with E-state index in [1.807, 2.05) is 0 Å². The third-order valence-corrected chi connectivity index (χ3v) is 1.70. The van der Waals surface area contributed by atoms with E-state index in [0.717, 1.165) is 5.70 Å². The Labute approximate surface area is 51.8 Å². The van der Waals surface area contributed by atoms with Crippen LogP contribution in [-0.4, -0.2) is 6.00 Å². The Bertz CT molecular complexity index is 54.3. The lowest BCUT2D eigenvalue weighted by molar-refractivity contribution is 2.46. The second kappa shape index (κ2) is 2.15. The molecule has 0 rings (SSSR count). The van der Waals surface area contributed by atoms with Gasteiger partial charge in [-0.2, -0.15) is 0 Å². The lowest BCUT2D eigenvalue weighted by atomic mass is 11.3. The van der Waals surface area contributed by atoms with Gasteiger partial charge in [0.05, 0.1) is 0 Å². The molecule has 0 saturated heterocycles. The molecule has 0 N–H and O–H groups in total. The van der Waals surface area contributed by atoms with Gasteiger partial charge in [-0.05, 0) is 0 Å². The number of hydrogen-bond acceptors (Lipinski definition) is 0. The molecule has 0 unspecified atom stereocenters. The second-order valence-corrected chi connectivity index (χ2v) is 9.23. The summed E-state index contributed by atoms with van der Waals surface area (Å²) < 4.78 is 0. The molecule has 0 amide bonds. The van der Waals surface area contributed by atoms with E-state index in [9.17, 15) is 0 Å². The number of rotatable bonds is 1. The van der Waals surface area contributed by atoms with Gasteiger partial charge in [-0.3, -0.25) is 0 Å². The Kier molecular flexibility index (Phi) is 2.41. The molecule has 34 valence electrons. The molecule has 0 atom stereocenters. The van der Waals surface area contributed by atoms with Crippen LogP contribution in [0.25, 0.3) is 0 Å². The van der Waals surface area contributed by atoms with E-state index in [-0.39, 0.29) is 0 Å². The minimum absolute atomic E-state index is 1.12. The first kappa shape index (κ1) is 6.74. The van der Waals surface area contributed by atoms with Crippen LogP contribution in [0.2, 0.25) is 0 Å². The summed E-state index contributed by atoms with van der Waals surface area (Å²) in [4.78, 5) is 0. The van der Waals surface area contributed by atoms with Crippen molar-refractivity contribution in [2.45, 2.75) is 0 Å². The van der Waals surface area contributed by atoms with Crippen LogP contribution in [0.15, 0.2) is 5.70 Å². The van der Waals surface area contributed by atoms with Crippen molar-refractivity contribution < 1.29 is 0 Å². The molecular formula is C2H2Cl3Si+. The van der Waals surface area contributed by atoms with Gasteiger partial charge in [0.25, 0.3) is 0 Å². The van der Waals surface area contributed by atoms with E-state index in [1.54, 1.807) is 0 Å². The van der Waals surface area contributed by atoms with E-state index < -0.39 is 6.00 Å². The van der Waals surface area contributed by atoms with Crippen molar-refractivity contribution in [2.75, 3.05) is 0 Å². The topological polar surface area (TPSA) is 0 Å². The zero-order valence-electron chi connectivity index (χ0n) is 2.79. The van der Waals surface area contributed by atoms with Crippen LogP contribution in [0.3, 0.4) is 0 Å². The fourth-order valence-corrected chi connectivity index (χ4v) is 0. The van der Waals surface area contributed by atoms with E-state index >= 15 is 0 Å². The molecule has 0 bridgehead atoms. The van der Waals surface area contributed by atoms with Gasteiger partial charge in [0.15, 0.2) is 5.70 Å². The summed E-state index contributed by atoms with van der Waals surface area (Å²) >= 11 is 15.6. The lowest BCUT2D eigenvalue weighted by Gasteiger charge is -1.86. The molecule has 0 saturated carbocycles. The Morgan fingerprint density at radius 1 is 1.33 bits per heavy atom. The molecule has 0 aromatic carbocycles. The number of hydrogen-bond donors (Lipinski definition) is 0. The third-order valence-electron chi connectivity index (χ3n) is 0.189. The van der Waals surface area contributed by atoms with Gasteiger partial charge in [0.2, 0.25) is 6.58 Å². The Balaban J connectivity index is 3.45. The highest BCUT2D eigenvalue weighted by atomic mass is 35.8. The van der Waals surface area contributed by atoms with Crippen molar-refractivity contribution in [1.29, 1.82) is 0 Å². The summed E-state index contributed by atoms with van der Waals surface area (Å²) in [5.41, 5.74) is 1.12. The molecule has 0 aliphatic rings. The first-order chi connectivity index (χ1) is 2.56. The van der Waals surface area contributed by atoms with Crippen molar-refractivity contribution in [3.05, 3.63) is 12.3 Å². The Morgan fingerprint density at radius 3 is 1.50 bits per heavy atom. The van der Waals surface area contributed by atoms with Crippen LogP contribution < -0.4 is 0 Å². The van der Waals surface area contributed by atoms with Gasteiger partial charge in [-0.25, -0.2) is 0 Å². The van der Waals surface area contributed by atoms with Crippen molar-refractivity contribution in [2.24, 2.45) is 0 Å². The maximum Gasteiger partial charge on any atom is 0.421 e. The first-order valence-electron chi connectivity index (χ1n) is 1.19. The minimum Gasteiger partial charge on any atom is -0.118 e. The van der Waals surface area contributed by atoms with Gasteiger partial charge in [0.1, 0.15) is 0 Å². The quantitative estimate of drug-likeness (QED) is 0.313. The molecule has 0 aromatic rings. The zero-order chi connectivity index (χ0) is 5.21. The fraction of sp³-hybridized carbons (Fsp3) is 0. The molecule has 0 heterocycles. The van der Waals surface area contributed by atoms with Crippen LogP contribution in [0.4, 0.5) is 0 Å². The lowest BCUT2D eigenvalue weighted by Crippen LogP contribution is -2.01. The smallest absolute Gasteiger partial charge is 0.118 e. The molecule has 4 heteroatoms. The second-order valence-electron chi connectivity index (χ2n) is 0.708. The van der Waals surface area contributed by atoms with E-state index in [1.165, 1.54) is 0 Å². The van der Waals surface area contributed by atoms with Crippen LogP contribution >= 0.6 is 33.2 Å². The predicted molar refractivity (Wildman–Crippen MR) is 32.2 cm³/mol. The first-order valence-corrected chi connectivity index (χ1v) is 6.30. The van der Waals surface area contributed by atoms with Crippen molar-refractivity contribution in [3.8, 4) is 0 Å². The van der Waals surface area contributed by atoms with E-state index in [4.69, 9.17) is 39.8 Å². The summed E-state index contributed by atoms with van der Waals surface area (Å²) in [5, 5.41) is 0. The van der Waals surface area contributed by atoms with Crippen LogP contribution in [-0.2, 0) is 0 Å². The molecule has 0 aliphatic heterocycles. The monoisotopic (exact) mass is 159 g/mol. The van der Waals surface area contributed by atoms with Crippen molar-refractivity contribution in [1.82, 2.24) is 0 Å². The van der Waals surface area contributed by atoms with Crippen LogP contribution in [0.5, 0.6) is 0 Å². The Hall–Kier alpha value is 0.737. The Morgan fingerprint density at radius 2 is 1.50 bits per heavy atom. The van der Waals surface area contributed by atoms with Crippen molar-refractivity contribution in [3.63, 3.8) is 0 Å². The van der Waals surface area contributed by atoms with Crippen molar-refractivity contribution >= 4 is 39.2 Å². The van der Waals surface area contributed by atoms with E-state index in [0.29, 0.717) is 0 Å². The molecule has 0 aliphatic carbocycles. The SMILES string of the molecule is [CH+]=C[Si](Cl)(Cl)Cl. The fourth-order valence-electron chi connectivity index (χ4n) is 0. The van der Waals surface area contributed by atoms with E-state index in [2.05, 4.69) is 0 Å². The summed E-state index contributed by atoms with van der Waals surface area (Å²) in [6, 6.07) is -2.56. The molecule has 0 spiro atoms. The van der Waals surface area contributed by atoms with Gasteiger partial charge in [-0.15, -0.1) is 33.2 Å². The zero-order valence-corrected chi connectivity index (χ0v) is 6.06. The largest absolute Gasteiger partial charge is 0.421 e. The summed E-state index contributed by atoms with van der Waals surface area (Å²) in [6.45, 7) is 4.85. The highest BCUT2D eigenvalue weighted by molar-refractivity contribution is 7.66. The predicted octanol–water partition coefficient (Wildman–Crippen LogP) is 2.17. The van der Waals surface area contributed by atoms with Gasteiger partial charge in [0, 0.05) is 0 Å². The molecule has 0 nitrogen and oxygen atoms in total. The normalized spacial score (nSPS) is 11.0. The maximum atomic E-state index is 5.21. The molecule has 0 fully saturated rings. The number of halogens is 3. The average Bonchev–Trinajstić information content (AvgIpc) is 1.35. The van der Waals surface area contributed by atoms with Gasteiger partial charge in [-0.1, -0.05) is 0 Å². The highest BCUT2D eigenvalue weighted by Gasteiger charge is 2.24. The van der Waals surface area contributed by atoms with Gasteiger partial charge < -0.3 is 0 Å². The summed E-state index contributed by atoms with van der Waals surface area (Å²) in [5.74, 6) is 0. The maximum absolute atomic E-state index is 5.21. The summed E-state index contributed by atoms with van der Waals surface area (Å²) in [7, 11) is 0. The summed E-state index contributed by atoms with van der Waals surface area (Å²) in [6.07, 6.45) is 0. The van der Waals surface area contributed by atoms with Gasteiger partial charge >= 0.3 is 6.00 Å². The molecule has 0 radical (unpaired) electrons. The average molecular weight is 160 g/mol. The molecule has 6 heavy (non-hydrogen) atoms. The highest BCUT2D eigenvalue weighted by Crippen LogP contribution is 2.19. The molecular weight excluding hydrogens is 158 g/mol. The van der Waals surface area contributed by atoms with Crippen LogP contribution in [0.1, 0.15) is 0 Å². The third kappa shape index (κ3) is 4.74. The standard InChI is InChI=1S/C2H2Cl3Si/c1-2-6(3,4)5/h1-2H/q+1. The van der Waals surface area contributed by atoms with Crippen LogP contribution in [0, 0.1) is 6.58 Å².